The highest BCUT2D eigenvalue weighted by atomic mass is 32.2. The molecule has 4 heteroatoms. The van der Waals surface area contributed by atoms with Gasteiger partial charge in [-0.15, -0.1) is 0 Å². The van der Waals surface area contributed by atoms with Gasteiger partial charge in [-0.1, -0.05) is 0 Å². The van der Waals surface area contributed by atoms with Gasteiger partial charge in [0, 0.05) is 17.7 Å². The Morgan fingerprint density at radius 1 is 1.69 bits per heavy atom. The fraction of sp³-hybridized carbons (Fsp3) is 0.583. The summed E-state index contributed by atoms with van der Waals surface area (Å²) in [6.45, 7) is 4.79. The minimum absolute atomic E-state index is 0.217. The van der Waals surface area contributed by atoms with Crippen LogP contribution >= 0.6 is 11.8 Å². The van der Waals surface area contributed by atoms with Crippen LogP contribution in [-0.4, -0.2) is 46.0 Å². The number of aliphatic hydroxyl groups is 1. The first-order valence-electron chi connectivity index (χ1n) is 5.62. The predicted octanol–water partition coefficient (Wildman–Crippen LogP) is 1.66. The van der Waals surface area contributed by atoms with Crippen LogP contribution < -0.4 is 0 Å². The van der Waals surface area contributed by atoms with E-state index >= 15 is 0 Å². The van der Waals surface area contributed by atoms with E-state index in [1.807, 2.05) is 6.92 Å². The highest BCUT2D eigenvalue weighted by Gasteiger charge is 2.26. The van der Waals surface area contributed by atoms with Gasteiger partial charge in [0.25, 0.3) is 0 Å². The second-order valence-electron chi connectivity index (χ2n) is 4.35. The van der Waals surface area contributed by atoms with E-state index in [0.717, 1.165) is 23.9 Å². The molecular weight excluding hydrogens is 220 g/mol. The van der Waals surface area contributed by atoms with Crippen molar-refractivity contribution >= 4 is 17.6 Å². The maximum absolute atomic E-state index is 9.21. The number of amidine groups is 1. The molecule has 0 aromatic rings. The van der Waals surface area contributed by atoms with E-state index in [1.165, 1.54) is 5.57 Å². The number of thioether (sulfide) groups is 1. The van der Waals surface area contributed by atoms with Crippen LogP contribution in [0.5, 0.6) is 0 Å². The number of aliphatic hydroxyl groups excluding tert-OH is 1. The molecule has 0 aromatic heterocycles. The Bertz CT molecular complexity index is 347. The van der Waals surface area contributed by atoms with Crippen LogP contribution in [0.1, 0.15) is 13.8 Å². The molecule has 16 heavy (non-hydrogen) atoms. The van der Waals surface area contributed by atoms with E-state index in [4.69, 9.17) is 0 Å². The van der Waals surface area contributed by atoms with Gasteiger partial charge in [0.15, 0.2) is 0 Å². The third kappa shape index (κ3) is 2.68. The van der Waals surface area contributed by atoms with Crippen LogP contribution in [0.15, 0.2) is 28.9 Å². The molecule has 0 spiro atoms. The molecule has 88 valence electrons. The standard InChI is InChI=1S/C12H18N2OS/c1-9-3-4-14-11(6-13-12(14)5-9)8-16-7-10(2)15/h3-5,10-11,15H,6-8H2,1-2H3. The maximum atomic E-state index is 9.21. The molecule has 0 aliphatic carbocycles. The van der Waals surface area contributed by atoms with Gasteiger partial charge in [-0.2, -0.15) is 11.8 Å². The topological polar surface area (TPSA) is 35.8 Å². The van der Waals surface area contributed by atoms with Crippen molar-refractivity contribution in [3.05, 3.63) is 23.9 Å². The Kier molecular flexibility index (Phi) is 3.71. The molecule has 2 unspecified atom stereocenters. The van der Waals surface area contributed by atoms with E-state index in [9.17, 15) is 5.11 Å². The van der Waals surface area contributed by atoms with Crippen LogP contribution in [0.3, 0.4) is 0 Å². The van der Waals surface area contributed by atoms with Gasteiger partial charge in [0.2, 0.25) is 0 Å². The summed E-state index contributed by atoms with van der Waals surface area (Å²) in [5.74, 6) is 2.91. The summed E-state index contributed by atoms with van der Waals surface area (Å²) in [4.78, 5) is 6.76. The summed E-state index contributed by atoms with van der Waals surface area (Å²) in [6, 6.07) is 0.458. The predicted molar refractivity (Wildman–Crippen MR) is 69.8 cm³/mol. The fourth-order valence-electron chi connectivity index (χ4n) is 1.83. The van der Waals surface area contributed by atoms with Crippen molar-refractivity contribution in [2.45, 2.75) is 26.0 Å². The zero-order valence-corrected chi connectivity index (χ0v) is 10.6. The lowest BCUT2D eigenvalue weighted by Gasteiger charge is -2.25. The van der Waals surface area contributed by atoms with Gasteiger partial charge >= 0.3 is 0 Å². The smallest absolute Gasteiger partial charge is 0.128 e. The van der Waals surface area contributed by atoms with Crippen molar-refractivity contribution in [2.24, 2.45) is 4.99 Å². The SMILES string of the molecule is CC1=CC2=NCC(CSCC(C)O)N2C=C1. The summed E-state index contributed by atoms with van der Waals surface area (Å²) in [5, 5.41) is 9.21. The highest BCUT2D eigenvalue weighted by molar-refractivity contribution is 7.99. The molecule has 0 bridgehead atoms. The molecule has 0 saturated heterocycles. The molecule has 0 aromatic carbocycles. The number of hydrogen-bond acceptors (Lipinski definition) is 4. The number of fused-ring (bicyclic) bond motifs is 1. The molecule has 0 radical (unpaired) electrons. The number of nitrogens with zero attached hydrogens (tertiary/aromatic N) is 2. The van der Waals surface area contributed by atoms with Crippen LogP contribution in [0.4, 0.5) is 0 Å². The lowest BCUT2D eigenvalue weighted by molar-refractivity contribution is 0.220. The number of allylic oxidation sites excluding steroid dienone is 2. The van der Waals surface area contributed by atoms with Crippen molar-refractivity contribution in [1.82, 2.24) is 4.90 Å². The fourth-order valence-corrected chi connectivity index (χ4v) is 2.85. The largest absolute Gasteiger partial charge is 0.393 e. The lowest BCUT2D eigenvalue weighted by atomic mass is 10.2. The molecule has 2 aliphatic rings. The minimum atomic E-state index is -0.217. The first kappa shape index (κ1) is 11.7. The molecular formula is C12H18N2OS. The van der Waals surface area contributed by atoms with Gasteiger partial charge in [-0.05, 0) is 31.6 Å². The number of aliphatic imine (C=N–C) groups is 1. The minimum Gasteiger partial charge on any atom is -0.393 e. The summed E-state index contributed by atoms with van der Waals surface area (Å²) in [6.07, 6.45) is 6.15. The Labute approximate surface area is 101 Å². The van der Waals surface area contributed by atoms with Crippen LogP contribution in [0, 0.1) is 0 Å². The van der Waals surface area contributed by atoms with E-state index in [2.05, 4.69) is 35.2 Å². The van der Waals surface area contributed by atoms with Crippen molar-refractivity contribution in [2.75, 3.05) is 18.1 Å². The van der Waals surface area contributed by atoms with Gasteiger partial charge in [-0.3, -0.25) is 4.99 Å². The van der Waals surface area contributed by atoms with Crippen LogP contribution in [0.2, 0.25) is 0 Å². The summed E-state index contributed by atoms with van der Waals surface area (Å²) < 4.78 is 0. The zero-order chi connectivity index (χ0) is 11.5. The molecule has 0 fully saturated rings. The quantitative estimate of drug-likeness (QED) is 0.809. The third-order valence-electron chi connectivity index (χ3n) is 2.65. The van der Waals surface area contributed by atoms with Crippen LogP contribution in [0.25, 0.3) is 0 Å². The van der Waals surface area contributed by atoms with E-state index in [-0.39, 0.29) is 6.10 Å². The summed E-state index contributed by atoms with van der Waals surface area (Å²) >= 11 is 1.80. The van der Waals surface area contributed by atoms with Gasteiger partial charge in [-0.25, -0.2) is 0 Å². The third-order valence-corrected chi connectivity index (χ3v) is 3.98. The summed E-state index contributed by atoms with van der Waals surface area (Å²) in [7, 11) is 0. The average molecular weight is 238 g/mol. The van der Waals surface area contributed by atoms with Crippen molar-refractivity contribution < 1.29 is 5.11 Å². The molecule has 0 amide bonds. The first-order valence-corrected chi connectivity index (χ1v) is 6.77. The number of rotatable bonds is 4. The van der Waals surface area contributed by atoms with Crippen molar-refractivity contribution in [3.63, 3.8) is 0 Å². The summed E-state index contributed by atoms with van der Waals surface area (Å²) in [5.41, 5.74) is 1.26. The molecule has 2 aliphatic heterocycles. The van der Waals surface area contributed by atoms with E-state index in [0.29, 0.717) is 6.04 Å². The molecule has 0 saturated carbocycles. The Hall–Kier alpha value is -0.740. The van der Waals surface area contributed by atoms with Gasteiger partial charge in [0.1, 0.15) is 5.84 Å². The zero-order valence-electron chi connectivity index (χ0n) is 9.76. The maximum Gasteiger partial charge on any atom is 0.128 e. The second-order valence-corrected chi connectivity index (χ2v) is 5.43. The van der Waals surface area contributed by atoms with E-state index < -0.39 is 0 Å². The Morgan fingerprint density at radius 2 is 2.50 bits per heavy atom. The second kappa shape index (κ2) is 5.06. The normalized spacial score (nSPS) is 25.2. The number of hydrogen-bond donors (Lipinski definition) is 1. The molecule has 2 rings (SSSR count). The van der Waals surface area contributed by atoms with Crippen molar-refractivity contribution in [3.8, 4) is 0 Å². The molecule has 1 N–H and O–H groups in total. The average Bonchev–Trinajstić information content (AvgIpc) is 2.60. The molecule has 2 atom stereocenters. The van der Waals surface area contributed by atoms with E-state index in [1.54, 1.807) is 11.8 Å². The Morgan fingerprint density at radius 3 is 3.25 bits per heavy atom. The monoisotopic (exact) mass is 238 g/mol. The Balaban J connectivity index is 1.86. The van der Waals surface area contributed by atoms with Crippen molar-refractivity contribution in [1.29, 1.82) is 0 Å². The van der Waals surface area contributed by atoms with Gasteiger partial charge in [0.05, 0.1) is 18.7 Å². The highest BCUT2D eigenvalue weighted by Crippen LogP contribution is 2.21. The molecule has 2 heterocycles. The lowest BCUT2D eigenvalue weighted by Crippen LogP contribution is -2.34. The molecule has 3 nitrogen and oxygen atoms in total. The van der Waals surface area contributed by atoms with Gasteiger partial charge < -0.3 is 10.0 Å². The first-order chi connectivity index (χ1) is 7.66. The van der Waals surface area contributed by atoms with Crippen LogP contribution in [-0.2, 0) is 0 Å².